The molecule has 1 saturated carbocycles. The maximum Gasteiger partial charge on any atom is 0.401 e. The highest BCUT2D eigenvalue weighted by Crippen LogP contribution is 2.51. The zero-order valence-corrected chi connectivity index (χ0v) is 85.8. The molecule has 13 aliphatic rings. The lowest BCUT2D eigenvalue weighted by Gasteiger charge is -2.40. The van der Waals surface area contributed by atoms with Crippen molar-refractivity contribution in [2.45, 2.75) is 251 Å². The summed E-state index contributed by atoms with van der Waals surface area (Å²) in [5.74, 6) is 3.34. The first kappa shape index (κ1) is 103. The van der Waals surface area contributed by atoms with Crippen molar-refractivity contribution >= 4 is 85.9 Å². The Hall–Kier alpha value is -9.19. The van der Waals surface area contributed by atoms with E-state index in [0.29, 0.717) is 157 Å². The summed E-state index contributed by atoms with van der Waals surface area (Å²) < 4.78 is 55.4. The molecule has 8 aliphatic heterocycles. The average molecular weight is 2060 g/mol. The number of halogens is 7. The zero-order valence-electron chi connectivity index (χ0n) is 82.7. The molecule has 12 heterocycles. The summed E-state index contributed by atoms with van der Waals surface area (Å²) in [4.78, 5) is 110. The Morgan fingerprint density at radius 1 is 0.451 bits per heavy atom. The smallest absolute Gasteiger partial charge is 0.396 e. The molecule has 8 saturated heterocycles. The second-order valence-corrected chi connectivity index (χ2v) is 44.2. The highest BCUT2D eigenvalue weighted by atomic mass is 79.9. The number of aliphatic hydroxyl groups excluding tert-OH is 4. The molecule has 0 unspecified atom stereocenters. The third-order valence-electron chi connectivity index (χ3n) is 32.5. The standard InChI is InChI=1S/C28H37N5O2.C27H34BrFN4O.C27H36ClN5O3.C26H31ClF3N5O2/c1-18-16-23(34)26-24(18)27(30-17-29-26)32-12-14-33(15-13-32)28(35)25(22-4-3-11-31(22)2)21-9-7-20(8-10-21)19-5-6-19;1-17-16-20(29)25-23(17)22(9-11-30-25)32-12-14-33(15-13-32)26(34)24(18-4-6-19(28)7-5-18)21-8-10-27(2,3)31-21;1-18-16-22(35)25-23(18)26(30-17-29-25)32-11-13-33(14-12-32)27(36)24(19-5-7-20(28)8-6-19)21-4-2-9-31(21)10-3-15-34;1-16-13-20(36)23-21(16)24(32-15-31-23)33-9-11-34(12-10-33)25(37)22(17-4-6-18(27)7-5-17)19-3-2-8-35(19)14-26(28,29)30/h7-10,17-19,22-23,25,34H,3-6,11-16H2,1-2H3;4-7,9,11,17,20-21,24,31H,8,10,12-16H2,1-3H3;5-8,17-18,21-22,24,34-35H,2-4,9-16H2,1H3;4-7,15-16,19-20,22,36H,2-3,8-14H2,1H3/t18-,22+,23-,25+;17-,20+,21+,24+;18-,21+,22-,24+;16-,19+,20-,22+/m1111/s1. The van der Waals surface area contributed by atoms with Crippen LogP contribution in [0.15, 0.2) is 133 Å². The van der Waals surface area contributed by atoms with E-state index >= 15 is 0 Å². The molecule has 8 aromatic rings. The van der Waals surface area contributed by atoms with E-state index in [4.69, 9.17) is 23.2 Å². The Bertz CT molecular complexity index is 5700. The van der Waals surface area contributed by atoms with Gasteiger partial charge in [-0.2, -0.15) is 13.2 Å². The van der Waals surface area contributed by atoms with Gasteiger partial charge in [0.25, 0.3) is 0 Å². The molecule has 0 bridgehead atoms. The number of piperazine rings is 4. The van der Waals surface area contributed by atoms with Crippen LogP contribution in [0.3, 0.4) is 0 Å². The number of aromatic nitrogens is 7. The molecule has 4 amide bonds. The number of nitrogens with zero attached hydrogens (tertiary/aromatic N) is 18. The molecule has 9 fully saturated rings. The Morgan fingerprint density at radius 2 is 0.831 bits per heavy atom. The van der Waals surface area contributed by atoms with Crippen molar-refractivity contribution in [3.05, 3.63) is 216 Å². The van der Waals surface area contributed by atoms with Crippen LogP contribution in [-0.2, 0) is 19.2 Å². The lowest BCUT2D eigenvalue weighted by molar-refractivity contribution is -0.152. The van der Waals surface area contributed by atoms with Gasteiger partial charge in [-0.05, 0) is 237 Å². The number of hydrogen-bond donors (Lipinski definition) is 5. The SMILES string of the molecule is C[C@@H]1C[C@@H](O)c2ncnc(N3CCN(C(=O)[C@@H](c4ccc(C5CC5)cc4)[C@@H]4CCCN4C)CC3)c21.C[C@@H]1C[C@@H](O)c2ncnc(N3CCN(C(=O)[C@@H](c4ccc(Cl)cc4)[C@@H]4CCCN4CC(F)(F)F)CC3)c21.C[C@@H]1C[C@@H](O)c2ncnc(N3CCN(C(=O)[C@@H](c4ccc(Cl)cc4)[C@@H]4CCCN4CCCO)CC3)c21.C[C@@H]1C[C@H](F)c2nccc(N3CCN(C(=O)[C@@H](c4ccc(Br)cc4)[C@@H]4CCC(C)(C)N4)CC3)c21. The van der Waals surface area contributed by atoms with E-state index in [1.165, 1.54) is 29.6 Å². The van der Waals surface area contributed by atoms with Gasteiger partial charge in [0.2, 0.25) is 23.6 Å². The number of hydrogen-bond acceptors (Lipinski definition) is 23. The predicted molar refractivity (Wildman–Crippen MR) is 546 cm³/mol. The molecule has 34 heteroatoms. The number of carbonyl (C=O) groups excluding carboxylic acids is 4. The Kier molecular flexibility index (Phi) is 32.3. The van der Waals surface area contributed by atoms with Crippen LogP contribution >= 0.6 is 39.1 Å². The van der Waals surface area contributed by atoms with Crippen molar-refractivity contribution in [2.24, 2.45) is 0 Å². The number of fused-ring (bicyclic) bond motifs is 4. The number of rotatable bonds is 21. The summed E-state index contributed by atoms with van der Waals surface area (Å²) in [7, 11) is 2.17. The molecular formula is C108H138BrCl2F4N19O8. The molecule has 5 aliphatic carbocycles. The number of aliphatic hydroxyl groups is 4. The molecule has 4 aromatic carbocycles. The highest BCUT2D eigenvalue weighted by molar-refractivity contribution is 9.10. The number of benzene rings is 4. The van der Waals surface area contributed by atoms with Crippen LogP contribution < -0.4 is 24.9 Å². The third kappa shape index (κ3) is 22.7. The molecule has 5 N–H and O–H groups in total. The predicted octanol–water partition coefficient (Wildman–Crippen LogP) is 15.8. The highest BCUT2D eigenvalue weighted by Gasteiger charge is 2.49. The van der Waals surface area contributed by atoms with Crippen molar-refractivity contribution in [2.75, 3.05) is 171 Å². The van der Waals surface area contributed by atoms with E-state index in [-0.39, 0.29) is 95.3 Å². The Morgan fingerprint density at radius 3 is 1.24 bits per heavy atom. The summed E-state index contributed by atoms with van der Waals surface area (Å²) in [6, 6.07) is 33.7. The van der Waals surface area contributed by atoms with Crippen LogP contribution in [0, 0.1) is 0 Å². The first-order valence-corrected chi connectivity index (χ1v) is 53.3. The van der Waals surface area contributed by atoms with E-state index < -0.39 is 49.2 Å². The summed E-state index contributed by atoms with van der Waals surface area (Å²) in [5, 5.41) is 45.3. The van der Waals surface area contributed by atoms with Crippen LogP contribution in [-0.4, -0.2) is 300 Å². The van der Waals surface area contributed by atoms with Crippen LogP contribution in [0.2, 0.25) is 10.0 Å². The Balaban J connectivity index is 0.000000125. The minimum absolute atomic E-state index is 0.0456. The summed E-state index contributed by atoms with van der Waals surface area (Å²) >= 11 is 15.8. The summed E-state index contributed by atoms with van der Waals surface area (Å²) in [6.45, 7) is 25.5. The number of likely N-dealkylation sites (N-methyl/N-ethyl adjacent to an activating group) is 1. The van der Waals surface area contributed by atoms with Gasteiger partial charge in [-0.25, -0.2) is 34.3 Å². The number of pyridine rings is 1. The van der Waals surface area contributed by atoms with Gasteiger partial charge >= 0.3 is 6.18 Å². The van der Waals surface area contributed by atoms with E-state index in [1.807, 2.05) is 59.2 Å². The maximum absolute atomic E-state index is 14.4. The number of nitrogens with one attached hydrogen (secondary N) is 1. The fraction of sp³-hybridized carbons (Fsp3) is 0.583. The second-order valence-electron chi connectivity index (χ2n) is 42.4. The average Bonchev–Trinajstić information content (AvgIpc) is 1.59. The van der Waals surface area contributed by atoms with Gasteiger partial charge < -0.3 is 69.8 Å². The van der Waals surface area contributed by atoms with Gasteiger partial charge in [0.05, 0.1) is 71.3 Å². The van der Waals surface area contributed by atoms with Crippen LogP contribution in [0.25, 0.3) is 0 Å². The normalized spacial score (nSPS) is 26.4. The Labute approximate surface area is 850 Å². The first-order valence-electron chi connectivity index (χ1n) is 51.7. The molecule has 0 spiro atoms. The maximum atomic E-state index is 14.4. The van der Waals surface area contributed by atoms with Gasteiger partial charge in [-0.3, -0.25) is 34.0 Å². The zero-order chi connectivity index (χ0) is 99.7. The molecular weight excluding hydrogens is 1920 g/mol. The van der Waals surface area contributed by atoms with Crippen molar-refractivity contribution in [3.8, 4) is 0 Å². The molecule has 21 rings (SSSR count). The van der Waals surface area contributed by atoms with E-state index in [0.717, 1.165) is 168 Å². The fourth-order valence-corrected chi connectivity index (χ4v) is 25.5. The molecule has 16 atom stereocenters. The second kappa shape index (κ2) is 44.6. The van der Waals surface area contributed by atoms with E-state index in [9.17, 15) is 57.2 Å². The van der Waals surface area contributed by atoms with Gasteiger partial charge in [0, 0.05) is 196 Å². The van der Waals surface area contributed by atoms with Crippen LogP contribution in [0.5, 0.6) is 0 Å². The molecule has 4 aromatic heterocycles. The quantitative estimate of drug-likeness (QED) is 0.0418. The molecule has 27 nitrogen and oxygen atoms in total. The summed E-state index contributed by atoms with van der Waals surface area (Å²) in [6.07, 6.45) is 12.7. The number of amides is 4. The third-order valence-corrected chi connectivity index (χ3v) is 33.5. The van der Waals surface area contributed by atoms with Crippen molar-refractivity contribution in [3.63, 3.8) is 0 Å². The topological polar surface area (TPSA) is 287 Å². The largest absolute Gasteiger partial charge is 0.401 e. The van der Waals surface area contributed by atoms with Crippen molar-refractivity contribution < 1.29 is 57.2 Å². The van der Waals surface area contributed by atoms with Gasteiger partial charge in [-0.15, -0.1) is 0 Å². The molecule has 0 radical (unpaired) electrons. The van der Waals surface area contributed by atoms with E-state index in [2.05, 4.69) is 168 Å². The number of carbonyl (C=O) groups is 4. The van der Waals surface area contributed by atoms with Gasteiger partial charge in [0.15, 0.2) is 0 Å². The lowest BCUT2D eigenvalue weighted by atomic mass is 9.87. The summed E-state index contributed by atoms with van der Waals surface area (Å²) in [5.41, 5.74) is 13.4. The minimum Gasteiger partial charge on any atom is -0.396 e. The van der Waals surface area contributed by atoms with Gasteiger partial charge in [0.1, 0.15) is 42.6 Å². The minimum atomic E-state index is -4.33. The van der Waals surface area contributed by atoms with E-state index in [1.54, 1.807) is 48.0 Å². The van der Waals surface area contributed by atoms with Crippen LogP contribution in [0.1, 0.15) is 288 Å². The number of likely N-dealkylation sites (tertiary alicyclic amines) is 3. The molecule has 142 heavy (non-hydrogen) atoms. The van der Waals surface area contributed by atoms with Crippen LogP contribution in [0.4, 0.5) is 40.7 Å². The van der Waals surface area contributed by atoms with Crippen molar-refractivity contribution in [1.82, 2.24) is 74.5 Å². The number of anilines is 4. The molecule has 762 valence electrons. The first-order chi connectivity index (χ1) is 68.3. The number of alkyl halides is 4. The monoisotopic (exact) mass is 2050 g/mol. The van der Waals surface area contributed by atoms with Gasteiger partial charge in [-0.1, -0.05) is 127 Å². The fourth-order valence-electron chi connectivity index (χ4n) is 25.0. The lowest BCUT2D eigenvalue weighted by Crippen LogP contribution is -2.53. The van der Waals surface area contributed by atoms with Crippen molar-refractivity contribution in [1.29, 1.82) is 0 Å².